The lowest BCUT2D eigenvalue weighted by Gasteiger charge is -2.34. The van der Waals surface area contributed by atoms with Gasteiger partial charge in [0.1, 0.15) is 11.5 Å². The maximum absolute atomic E-state index is 11.2. The second-order valence-electron chi connectivity index (χ2n) is 6.53. The van der Waals surface area contributed by atoms with Crippen LogP contribution in [0.3, 0.4) is 0 Å². The van der Waals surface area contributed by atoms with Crippen molar-refractivity contribution in [2.45, 2.75) is 25.7 Å². The molecule has 26 heavy (non-hydrogen) atoms. The molecule has 0 spiro atoms. The summed E-state index contributed by atoms with van der Waals surface area (Å²) in [6.45, 7) is 2.48. The number of primary amides is 1. The number of amides is 1. The van der Waals surface area contributed by atoms with Crippen molar-refractivity contribution in [1.29, 1.82) is 0 Å². The number of methoxy groups -OCH3 is 2. The van der Waals surface area contributed by atoms with Crippen LogP contribution < -0.4 is 20.5 Å². The smallest absolute Gasteiger partial charge is 0.217 e. The Morgan fingerprint density at radius 1 is 1.38 bits per heavy atom. The average molecular weight is 362 g/mol. The van der Waals surface area contributed by atoms with Gasteiger partial charge in [-0.25, -0.2) is 0 Å². The summed E-state index contributed by atoms with van der Waals surface area (Å²) in [7, 11) is 5.11. The van der Waals surface area contributed by atoms with Crippen molar-refractivity contribution in [1.82, 2.24) is 10.2 Å². The molecular formula is C19H30N4O3. The van der Waals surface area contributed by atoms with Crippen molar-refractivity contribution in [2.24, 2.45) is 16.6 Å². The normalized spacial score (nSPS) is 17.7. The fourth-order valence-corrected chi connectivity index (χ4v) is 3.43. The number of hydrogen-bond acceptors (Lipinski definition) is 4. The molecule has 1 aliphatic heterocycles. The van der Waals surface area contributed by atoms with Crippen molar-refractivity contribution in [3.63, 3.8) is 0 Å². The fraction of sp³-hybridized carbons (Fsp3) is 0.579. The zero-order chi connectivity index (χ0) is 18.9. The van der Waals surface area contributed by atoms with Crippen molar-refractivity contribution in [2.75, 3.05) is 40.9 Å². The first-order valence-electron chi connectivity index (χ1n) is 9.02. The topological polar surface area (TPSA) is 89.2 Å². The SMILES string of the molecule is CN=C(NCCc1cc(OC)ccc1OC)N1CCCC(CC(N)=O)C1. The summed E-state index contributed by atoms with van der Waals surface area (Å²) in [4.78, 5) is 17.8. The minimum absolute atomic E-state index is 0.232. The molecule has 0 aliphatic carbocycles. The van der Waals surface area contributed by atoms with Crippen LogP contribution in [0.4, 0.5) is 0 Å². The Morgan fingerprint density at radius 3 is 2.85 bits per heavy atom. The third kappa shape index (κ3) is 5.54. The molecule has 144 valence electrons. The van der Waals surface area contributed by atoms with E-state index < -0.39 is 0 Å². The van der Waals surface area contributed by atoms with Crippen LogP contribution in [0.1, 0.15) is 24.8 Å². The zero-order valence-corrected chi connectivity index (χ0v) is 16.0. The van der Waals surface area contributed by atoms with Gasteiger partial charge in [0, 0.05) is 33.1 Å². The van der Waals surface area contributed by atoms with Gasteiger partial charge in [-0.05, 0) is 48.9 Å². The number of carbonyl (C=O) groups is 1. The van der Waals surface area contributed by atoms with Crippen LogP contribution in [0.5, 0.6) is 11.5 Å². The first-order chi connectivity index (χ1) is 12.6. The summed E-state index contributed by atoms with van der Waals surface area (Å²) in [6, 6.07) is 5.80. The average Bonchev–Trinajstić information content (AvgIpc) is 2.64. The molecule has 1 amide bonds. The van der Waals surface area contributed by atoms with Gasteiger partial charge in [-0.15, -0.1) is 0 Å². The van der Waals surface area contributed by atoms with Gasteiger partial charge in [0.15, 0.2) is 5.96 Å². The lowest BCUT2D eigenvalue weighted by molar-refractivity contribution is -0.119. The van der Waals surface area contributed by atoms with Crippen molar-refractivity contribution in [3.8, 4) is 11.5 Å². The van der Waals surface area contributed by atoms with E-state index in [1.165, 1.54) is 0 Å². The van der Waals surface area contributed by atoms with Gasteiger partial charge in [-0.3, -0.25) is 9.79 Å². The minimum Gasteiger partial charge on any atom is -0.497 e. The number of nitrogens with zero attached hydrogens (tertiary/aromatic N) is 2. The van der Waals surface area contributed by atoms with E-state index in [1.807, 2.05) is 18.2 Å². The Morgan fingerprint density at radius 2 is 2.19 bits per heavy atom. The lowest BCUT2D eigenvalue weighted by atomic mass is 9.95. The number of likely N-dealkylation sites (tertiary alicyclic amines) is 1. The quantitative estimate of drug-likeness (QED) is 0.565. The molecule has 1 unspecified atom stereocenters. The van der Waals surface area contributed by atoms with Crippen LogP contribution >= 0.6 is 0 Å². The van der Waals surface area contributed by atoms with Gasteiger partial charge >= 0.3 is 0 Å². The number of aliphatic imine (C=N–C) groups is 1. The molecule has 1 aromatic rings. The largest absolute Gasteiger partial charge is 0.497 e. The Balaban J connectivity index is 1.92. The minimum atomic E-state index is -0.232. The second kappa shape index (κ2) is 9.89. The van der Waals surface area contributed by atoms with Crippen LogP contribution in [0.15, 0.2) is 23.2 Å². The highest BCUT2D eigenvalue weighted by atomic mass is 16.5. The summed E-state index contributed by atoms with van der Waals surface area (Å²) in [5.41, 5.74) is 6.43. The van der Waals surface area contributed by atoms with Crippen LogP contribution in [-0.2, 0) is 11.2 Å². The molecule has 0 aromatic heterocycles. The predicted molar refractivity (Wildman–Crippen MR) is 103 cm³/mol. The van der Waals surface area contributed by atoms with Crippen molar-refractivity contribution >= 4 is 11.9 Å². The van der Waals surface area contributed by atoms with Crippen molar-refractivity contribution < 1.29 is 14.3 Å². The van der Waals surface area contributed by atoms with Crippen LogP contribution in [-0.4, -0.2) is 57.7 Å². The van der Waals surface area contributed by atoms with Crippen LogP contribution in [0.25, 0.3) is 0 Å². The molecule has 2 rings (SSSR count). The number of carbonyl (C=O) groups excluding carboxylic acids is 1. The van der Waals surface area contributed by atoms with Gasteiger partial charge in [-0.2, -0.15) is 0 Å². The van der Waals surface area contributed by atoms with E-state index in [9.17, 15) is 4.79 Å². The molecule has 7 heteroatoms. The zero-order valence-electron chi connectivity index (χ0n) is 16.0. The van der Waals surface area contributed by atoms with Gasteiger partial charge in [0.25, 0.3) is 0 Å². The van der Waals surface area contributed by atoms with Crippen molar-refractivity contribution in [3.05, 3.63) is 23.8 Å². The monoisotopic (exact) mass is 362 g/mol. The molecule has 1 aliphatic rings. The molecule has 1 heterocycles. The predicted octanol–water partition coefficient (Wildman–Crippen LogP) is 1.41. The number of benzene rings is 1. The molecule has 1 fully saturated rings. The van der Waals surface area contributed by atoms with E-state index in [2.05, 4.69) is 15.2 Å². The summed E-state index contributed by atoms with van der Waals surface area (Å²) >= 11 is 0. The number of piperidine rings is 1. The maximum Gasteiger partial charge on any atom is 0.217 e. The molecule has 1 saturated heterocycles. The van der Waals surface area contributed by atoms with Gasteiger partial charge in [-0.1, -0.05) is 0 Å². The van der Waals surface area contributed by atoms with Crippen LogP contribution in [0, 0.1) is 5.92 Å². The highest BCUT2D eigenvalue weighted by molar-refractivity contribution is 5.80. The highest BCUT2D eigenvalue weighted by Crippen LogP contribution is 2.24. The molecule has 7 nitrogen and oxygen atoms in total. The number of hydrogen-bond donors (Lipinski definition) is 2. The Labute approximate surface area is 155 Å². The maximum atomic E-state index is 11.2. The van der Waals surface area contributed by atoms with Gasteiger partial charge in [0.05, 0.1) is 14.2 Å². The molecular weight excluding hydrogens is 332 g/mol. The number of guanidine groups is 1. The number of nitrogens with two attached hydrogens (primary N) is 1. The van der Waals surface area contributed by atoms with E-state index in [4.69, 9.17) is 15.2 Å². The second-order valence-corrected chi connectivity index (χ2v) is 6.53. The van der Waals surface area contributed by atoms with Crippen LogP contribution in [0.2, 0.25) is 0 Å². The third-order valence-electron chi connectivity index (χ3n) is 4.69. The van der Waals surface area contributed by atoms with E-state index in [0.717, 1.165) is 61.9 Å². The standard InChI is InChI=1S/C19H30N4O3/c1-21-19(23-10-4-5-14(13-23)11-18(20)24)22-9-8-15-12-16(25-2)6-7-17(15)26-3/h6-7,12,14H,4-5,8-11,13H2,1-3H3,(H2,20,24)(H,21,22). The van der Waals surface area contributed by atoms with Gasteiger partial charge < -0.3 is 25.4 Å². The summed E-state index contributed by atoms with van der Waals surface area (Å²) in [5, 5.41) is 3.41. The molecule has 0 bridgehead atoms. The first-order valence-corrected chi connectivity index (χ1v) is 9.02. The first kappa shape index (κ1) is 19.9. The molecule has 0 saturated carbocycles. The molecule has 3 N–H and O–H groups in total. The van der Waals surface area contributed by atoms with Gasteiger partial charge in [0.2, 0.25) is 5.91 Å². The summed E-state index contributed by atoms with van der Waals surface area (Å²) < 4.78 is 10.7. The van der Waals surface area contributed by atoms with E-state index >= 15 is 0 Å². The Hall–Kier alpha value is -2.44. The van der Waals surface area contributed by atoms with E-state index in [1.54, 1.807) is 21.3 Å². The summed E-state index contributed by atoms with van der Waals surface area (Å²) in [6.07, 6.45) is 3.31. The van der Waals surface area contributed by atoms with E-state index in [-0.39, 0.29) is 5.91 Å². The fourth-order valence-electron chi connectivity index (χ4n) is 3.43. The molecule has 1 aromatic carbocycles. The number of rotatable bonds is 7. The third-order valence-corrected chi connectivity index (χ3v) is 4.69. The Bertz CT molecular complexity index is 633. The molecule has 0 radical (unpaired) electrons. The number of ether oxygens (including phenoxy) is 2. The lowest BCUT2D eigenvalue weighted by Crippen LogP contribution is -2.47. The molecule has 1 atom stereocenters. The van der Waals surface area contributed by atoms with E-state index in [0.29, 0.717) is 12.3 Å². The highest BCUT2D eigenvalue weighted by Gasteiger charge is 2.23. The summed E-state index contributed by atoms with van der Waals surface area (Å²) in [5.74, 6) is 2.60. The number of nitrogens with one attached hydrogen (secondary N) is 1. The Kier molecular flexibility index (Phi) is 7.56.